The van der Waals surface area contributed by atoms with E-state index in [4.69, 9.17) is 0 Å². The number of nitrogens with zero attached hydrogens (tertiary/aromatic N) is 2. The van der Waals surface area contributed by atoms with Crippen LogP contribution < -0.4 is 5.32 Å². The highest BCUT2D eigenvalue weighted by molar-refractivity contribution is 7.90. The monoisotopic (exact) mass is 299 g/mol. The molecule has 0 atom stereocenters. The quantitative estimate of drug-likeness (QED) is 0.857. The molecule has 7 heteroatoms. The van der Waals surface area contributed by atoms with Gasteiger partial charge in [0.25, 0.3) is 0 Å². The lowest BCUT2D eigenvalue weighted by atomic mass is 10.2. The summed E-state index contributed by atoms with van der Waals surface area (Å²) >= 11 is 1.65. The topological polar surface area (TPSA) is 72.0 Å². The van der Waals surface area contributed by atoms with E-state index < -0.39 is 9.84 Å². The molecule has 2 aromatic heterocycles. The molecule has 19 heavy (non-hydrogen) atoms. The van der Waals surface area contributed by atoms with Crippen molar-refractivity contribution in [3.05, 3.63) is 16.8 Å². The van der Waals surface area contributed by atoms with Crippen molar-refractivity contribution in [3.63, 3.8) is 0 Å². The summed E-state index contributed by atoms with van der Waals surface area (Å²) < 4.78 is 22.1. The van der Waals surface area contributed by atoms with Gasteiger partial charge >= 0.3 is 0 Å². The molecule has 2 rings (SSSR count). The molecule has 0 saturated carbocycles. The molecule has 0 amide bonds. The Kier molecular flexibility index (Phi) is 4.05. The lowest BCUT2D eigenvalue weighted by molar-refractivity contribution is 0.600. The third-order valence-corrected chi connectivity index (χ3v) is 5.10. The van der Waals surface area contributed by atoms with Crippen LogP contribution in [0.25, 0.3) is 10.2 Å². The third-order valence-electron chi connectivity index (χ3n) is 2.95. The molecule has 0 spiro atoms. The van der Waals surface area contributed by atoms with Crippen LogP contribution in [0.3, 0.4) is 0 Å². The van der Waals surface area contributed by atoms with Crippen molar-refractivity contribution in [2.75, 3.05) is 23.9 Å². The van der Waals surface area contributed by atoms with Crippen molar-refractivity contribution >= 4 is 37.2 Å². The van der Waals surface area contributed by atoms with Gasteiger partial charge in [-0.15, -0.1) is 11.3 Å². The Hall–Kier alpha value is -1.21. The Morgan fingerprint density at radius 2 is 2.05 bits per heavy atom. The van der Waals surface area contributed by atoms with Gasteiger partial charge in [-0.3, -0.25) is 0 Å². The molecule has 2 heterocycles. The van der Waals surface area contributed by atoms with E-state index >= 15 is 0 Å². The van der Waals surface area contributed by atoms with Crippen molar-refractivity contribution < 1.29 is 8.42 Å². The average molecular weight is 299 g/mol. The van der Waals surface area contributed by atoms with Crippen LogP contribution in [-0.2, 0) is 9.84 Å². The van der Waals surface area contributed by atoms with Gasteiger partial charge in [0.2, 0.25) is 0 Å². The molecular weight excluding hydrogens is 282 g/mol. The first-order valence-corrected chi connectivity index (χ1v) is 8.88. The van der Waals surface area contributed by atoms with Gasteiger partial charge in [0, 0.05) is 17.7 Å². The molecular formula is C12H17N3O2S2. The van der Waals surface area contributed by atoms with Crippen molar-refractivity contribution in [2.45, 2.75) is 20.3 Å². The summed E-state index contributed by atoms with van der Waals surface area (Å²) in [7, 11) is -2.90. The standard InChI is InChI=1S/C12H17N3O2S2/c1-8-9(2)18-12-10(8)11(14-7-15-12)13-5-4-6-19(3,16)17/h7H,4-6H2,1-3H3,(H,13,14,15). The van der Waals surface area contributed by atoms with E-state index in [1.165, 1.54) is 23.0 Å². The highest BCUT2D eigenvalue weighted by atomic mass is 32.2. The maximum absolute atomic E-state index is 11.1. The zero-order valence-corrected chi connectivity index (χ0v) is 12.9. The molecule has 0 aliphatic heterocycles. The van der Waals surface area contributed by atoms with E-state index in [0.29, 0.717) is 13.0 Å². The second kappa shape index (κ2) is 5.42. The van der Waals surface area contributed by atoms with E-state index in [1.54, 1.807) is 11.3 Å². The first-order chi connectivity index (χ1) is 8.88. The zero-order valence-electron chi connectivity index (χ0n) is 11.2. The van der Waals surface area contributed by atoms with E-state index in [0.717, 1.165) is 16.0 Å². The van der Waals surface area contributed by atoms with Crippen LogP contribution in [0.2, 0.25) is 0 Å². The van der Waals surface area contributed by atoms with Gasteiger partial charge in [-0.2, -0.15) is 0 Å². The van der Waals surface area contributed by atoms with Gasteiger partial charge in [0.15, 0.2) is 0 Å². The van der Waals surface area contributed by atoms with Crippen LogP contribution in [-0.4, -0.2) is 36.9 Å². The van der Waals surface area contributed by atoms with E-state index in [2.05, 4.69) is 29.1 Å². The molecule has 1 N–H and O–H groups in total. The Balaban J connectivity index is 2.13. The van der Waals surface area contributed by atoms with Crippen LogP contribution in [0.15, 0.2) is 6.33 Å². The maximum Gasteiger partial charge on any atom is 0.147 e. The minimum Gasteiger partial charge on any atom is -0.369 e. The van der Waals surface area contributed by atoms with Crippen molar-refractivity contribution in [2.24, 2.45) is 0 Å². The fourth-order valence-corrected chi connectivity index (χ4v) is 3.52. The lowest BCUT2D eigenvalue weighted by Gasteiger charge is -2.06. The number of hydrogen-bond donors (Lipinski definition) is 1. The van der Waals surface area contributed by atoms with Gasteiger partial charge in [-0.1, -0.05) is 0 Å². The van der Waals surface area contributed by atoms with Crippen LogP contribution in [0, 0.1) is 13.8 Å². The Morgan fingerprint density at radius 1 is 1.32 bits per heavy atom. The smallest absolute Gasteiger partial charge is 0.147 e. The minimum absolute atomic E-state index is 0.190. The average Bonchev–Trinajstić information content (AvgIpc) is 2.60. The summed E-state index contributed by atoms with van der Waals surface area (Å²) in [4.78, 5) is 10.7. The van der Waals surface area contributed by atoms with E-state index in [1.807, 2.05) is 0 Å². The molecule has 0 saturated heterocycles. The highest BCUT2D eigenvalue weighted by Crippen LogP contribution is 2.32. The Morgan fingerprint density at radius 3 is 2.74 bits per heavy atom. The molecule has 0 bridgehead atoms. The number of aromatic nitrogens is 2. The summed E-state index contributed by atoms with van der Waals surface area (Å²) in [5.41, 5.74) is 1.19. The largest absolute Gasteiger partial charge is 0.369 e. The second-order valence-electron chi connectivity index (χ2n) is 4.60. The number of rotatable bonds is 5. The zero-order chi connectivity index (χ0) is 14.0. The number of aryl methyl sites for hydroxylation is 2. The SMILES string of the molecule is Cc1sc2ncnc(NCCCS(C)(=O)=O)c2c1C. The molecule has 5 nitrogen and oxygen atoms in total. The number of fused-ring (bicyclic) bond motifs is 1. The third kappa shape index (κ3) is 3.42. The summed E-state index contributed by atoms with van der Waals surface area (Å²) in [5, 5.41) is 4.25. The molecule has 2 aromatic rings. The van der Waals surface area contributed by atoms with E-state index in [9.17, 15) is 8.42 Å². The van der Waals surface area contributed by atoms with Crippen LogP contribution in [0.1, 0.15) is 16.9 Å². The number of hydrogen-bond acceptors (Lipinski definition) is 6. The first-order valence-electron chi connectivity index (χ1n) is 6.01. The highest BCUT2D eigenvalue weighted by Gasteiger charge is 2.11. The lowest BCUT2D eigenvalue weighted by Crippen LogP contribution is -2.10. The molecule has 104 valence electrons. The van der Waals surface area contributed by atoms with Crippen LogP contribution >= 0.6 is 11.3 Å². The molecule has 0 aliphatic rings. The predicted molar refractivity (Wildman–Crippen MR) is 79.7 cm³/mol. The summed E-state index contributed by atoms with van der Waals surface area (Å²) in [5.74, 6) is 0.982. The van der Waals surface area contributed by atoms with Crippen LogP contribution in [0.4, 0.5) is 5.82 Å². The Bertz CT molecular complexity index is 692. The van der Waals surface area contributed by atoms with E-state index in [-0.39, 0.29) is 5.75 Å². The summed E-state index contributed by atoms with van der Waals surface area (Å²) in [6, 6.07) is 0. The fourth-order valence-electron chi connectivity index (χ4n) is 1.86. The molecule has 0 aliphatic carbocycles. The predicted octanol–water partition coefficient (Wildman–Crippen LogP) is 2.15. The molecule has 0 radical (unpaired) electrons. The summed E-state index contributed by atoms with van der Waals surface area (Å²) in [6.07, 6.45) is 3.37. The van der Waals surface area contributed by atoms with Gasteiger partial charge in [-0.05, 0) is 25.8 Å². The minimum atomic E-state index is -2.90. The van der Waals surface area contributed by atoms with Crippen molar-refractivity contribution in [1.82, 2.24) is 9.97 Å². The van der Waals surface area contributed by atoms with Gasteiger partial charge < -0.3 is 5.32 Å². The normalized spacial score (nSPS) is 11.9. The Labute approximate surface area is 117 Å². The number of anilines is 1. The first kappa shape index (κ1) is 14.2. The summed E-state index contributed by atoms with van der Waals surface area (Å²) in [6.45, 7) is 4.71. The van der Waals surface area contributed by atoms with Crippen molar-refractivity contribution in [3.8, 4) is 0 Å². The van der Waals surface area contributed by atoms with Gasteiger partial charge in [0.05, 0.1) is 11.1 Å². The molecule has 0 aromatic carbocycles. The fraction of sp³-hybridized carbons (Fsp3) is 0.500. The molecule has 0 fully saturated rings. The second-order valence-corrected chi connectivity index (χ2v) is 8.06. The van der Waals surface area contributed by atoms with Gasteiger partial charge in [-0.25, -0.2) is 18.4 Å². The number of nitrogens with one attached hydrogen (secondary N) is 1. The van der Waals surface area contributed by atoms with Gasteiger partial charge in [0.1, 0.15) is 26.8 Å². The number of thiophene rings is 1. The molecule has 0 unspecified atom stereocenters. The van der Waals surface area contributed by atoms with Crippen molar-refractivity contribution in [1.29, 1.82) is 0 Å². The number of sulfone groups is 1. The maximum atomic E-state index is 11.1. The van der Waals surface area contributed by atoms with Crippen LogP contribution in [0.5, 0.6) is 0 Å².